The molecular weight excluding hydrogens is 188 g/mol. The second kappa shape index (κ2) is 6.62. The maximum Gasteiger partial charge on any atom is 0.222 e. The van der Waals surface area contributed by atoms with Crippen molar-refractivity contribution in [3.8, 4) is 0 Å². The third-order valence-electron chi connectivity index (χ3n) is 2.95. The quantitative estimate of drug-likeness (QED) is 0.531. The van der Waals surface area contributed by atoms with Crippen LogP contribution in [-0.2, 0) is 4.79 Å². The maximum atomic E-state index is 11.8. The SMILES string of the molecule is C=CCCCN(C)C(=O)CC1CCNC1. The highest BCUT2D eigenvalue weighted by atomic mass is 16.2. The van der Waals surface area contributed by atoms with Gasteiger partial charge in [-0.3, -0.25) is 4.79 Å². The summed E-state index contributed by atoms with van der Waals surface area (Å²) in [4.78, 5) is 13.6. The molecule has 0 aromatic rings. The molecule has 1 unspecified atom stereocenters. The number of nitrogens with zero attached hydrogens (tertiary/aromatic N) is 1. The average molecular weight is 210 g/mol. The molecule has 3 heteroatoms. The van der Waals surface area contributed by atoms with E-state index in [1.807, 2.05) is 18.0 Å². The lowest BCUT2D eigenvalue weighted by Crippen LogP contribution is -2.29. The highest BCUT2D eigenvalue weighted by Gasteiger charge is 2.19. The van der Waals surface area contributed by atoms with E-state index in [0.717, 1.165) is 38.9 Å². The molecule has 1 N–H and O–H groups in total. The zero-order valence-electron chi connectivity index (χ0n) is 9.67. The molecule has 1 aliphatic rings. The number of carbonyl (C=O) groups excluding carboxylic acids is 1. The molecule has 1 rings (SSSR count). The number of unbranched alkanes of at least 4 members (excludes halogenated alkanes) is 1. The van der Waals surface area contributed by atoms with Crippen molar-refractivity contribution in [1.29, 1.82) is 0 Å². The molecule has 3 nitrogen and oxygen atoms in total. The molecular formula is C12H22N2O. The van der Waals surface area contributed by atoms with E-state index >= 15 is 0 Å². The molecule has 0 bridgehead atoms. The second-order valence-electron chi connectivity index (χ2n) is 4.31. The predicted octanol–water partition coefficient (Wildman–Crippen LogP) is 1.41. The van der Waals surface area contributed by atoms with E-state index in [1.165, 1.54) is 0 Å². The second-order valence-corrected chi connectivity index (χ2v) is 4.31. The summed E-state index contributed by atoms with van der Waals surface area (Å²) in [5, 5.41) is 3.28. The third kappa shape index (κ3) is 4.47. The lowest BCUT2D eigenvalue weighted by atomic mass is 10.0. The minimum absolute atomic E-state index is 0.285. The van der Waals surface area contributed by atoms with Gasteiger partial charge in [-0.15, -0.1) is 6.58 Å². The van der Waals surface area contributed by atoms with Crippen molar-refractivity contribution in [3.63, 3.8) is 0 Å². The first kappa shape index (κ1) is 12.2. The molecule has 1 fully saturated rings. The van der Waals surface area contributed by atoms with Gasteiger partial charge in [-0.1, -0.05) is 6.08 Å². The Morgan fingerprint density at radius 1 is 1.67 bits per heavy atom. The van der Waals surface area contributed by atoms with Gasteiger partial charge in [0.1, 0.15) is 0 Å². The molecule has 0 saturated carbocycles. The Morgan fingerprint density at radius 2 is 2.47 bits per heavy atom. The Balaban J connectivity index is 2.16. The maximum absolute atomic E-state index is 11.8. The van der Waals surface area contributed by atoms with Gasteiger partial charge >= 0.3 is 0 Å². The molecule has 15 heavy (non-hydrogen) atoms. The molecule has 1 amide bonds. The Hall–Kier alpha value is -0.830. The lowest BCUT2D eigenvalue weighted by Gasteiger charge is -2.18. The summed E-state index contributed by atoms with van der Waals surface area (Å²) >= 11 is 0. The molecule has 0 aromatic carbocycles. The first-order valence-electron chi connectivity index (χ1n) is 5.79. The minimum atomic E-state index is 0.285. The van der Waals surface area contributed by atoms with Crippen molar-refractivity contribution in [1.82, 2.24) is 10.2 Å². The summed E-state index contributed by atoms with van der Waals surface area (Å²) in [7, 11) is 1.90. The molecule has 0 aromatic heterocycles. The van der Waals surface area contributed by atoms with E-state index in [-0.39, 0.29) is 5.91 Å². The van der Waals surface area contributed by atoms with E-state index in [0.29, 0.717) is 12.3 Å². The Labute approximate surface area is 92.5 Å². The van der Waals surface area contributed by atoms with E-state index in [1.54, 1.807) is 0 Å². The summed E-state index contributed by atoms with van der Waals surface area (Å²) in [6.07, 6.45) is 5.76. The van der Waals surface area contributed by atoms with Crippen LogP contribution in [0.4, 0.5) is 0 Å². The van der Waals surface area contributed by atoms with Crippen LogP contribution in [0.15, 0.2) is 12.7 Å². The fourth-order valence-electron chi connectivity index (χ4n) is 1.89. The summed E-state index contributed by atoms with van der Waals surface area (Å²) in [6, 6.07) is 0. The number of rotatable bonds is 6. The molecule has 0 aliphatic carbocycles. The van der Waals surface area contributed by atoms with Crippen LogP contribution in [0.5, 0.6) is 0 Å². The molecule has 0 radical (unpaired) electrons. The zero-order valence-corrected chi connectivity index (χ0v) is 9.67. The van der Waals surface area contributed by atoms with E-state index in [2.05, 4.69) is 11.9 Å². The van der Waals surface area contributed by atoms with Gasteiger partial charge in [-0.05, 0) is 38.3 Å². The molecule has 1 heterocycles. The number of carbonyl (C=O) groups is 1. The van der Waals surface area contributed by atoms with Crippen molar-refractivity contribution in [2.75, 3.05) is 26.7 Å². The number of hydrogen-bond acceptors (Lipinski definition) is 2. The summed E-state index contributed by atoms with van der Waals surface area (Å²) in [5.74, 6) is 0.840. The van der Waals surface area contributed by atoms with Crippen molar-refractivity contribution < 1.29 is 4.79 Å². The largest absolute Gasteiger partial charge is 0.346 e. The highest BCUT2D eigenvalue weighted by molar-refractivity contribution is 5.76. The molecule has 0 spiro atoms. The smallest absolute Gasteiger partial charge is 0.222 e. The fraction of sp³-hybridized carbons (Fsp3) is 0.750. The number of hydrogen-bond donors (Lipinski definition) is 1. The lowest BCUT2D eigenvalue weighted by molar-refractivity contribution is -0.130. The van der Waals surface area contributed by atoms with Crippen LogP contribution in [0, 0.1) is 5.92 Å². The monoisotopic (exact) mass is 210 g/mol. The van der Waals surface area contributed by atoms with Crippen LogP contribution in [0.3, 0.4) is 0 Å². The Morgan fingerprint density at radius 3 is 3.07 bits per heavy atom. The molecule has 1 saturated heterocycles. The van der Waals surface area contributed by atoms with Crippen LogP contribution < -0.4 is 5.32 Å². The van der Waals surface area contributed by atoms with Gasteiger partial charge in [0.15, 0.2) is 0 Å². The van der Waals surface area contributed by atoms with Crippen molar-refractivity contribution >= 4 is 5.91 Å². The topological polar surface area (TPSA) is 32.3 Å². The average Bonchev–Trinajstić information content (AvgIpc) is 2.70. The summed E-state index contributed by atoms with van der Waals surface area (Å²) in [5.41, 5.74) is 0. The van der Waals surface area contributed by atoms with Gasteiger partial charge in [0.25, 0.3) is 0 Å². The van der Waals surface area contributed by atoms with Gasteiger partial charge in [-0.2, -0.15) is 0 Å². The van der Waals surface area contributed by atoms with Gasteiger partial charge < -0.3 is 10.2 Å². The predicted molar refractivity (Wildman–Crippen MR) is 62.7 cm³/mol. The summed E-state index contributed by atoms with van der Waals surface area (Å²) < 4.78 is 0. The number of amides is 1. The van der Waals surface area contributed by atoms with Crippen molar-refractivity contribution in [3.05, 3.63) is 12.7 Å². The van der Waals surface area contributed by atoms with Crippen LogP contribution in [0.25, 0.3) is 0 Å². The number of allylic oxidation sites excluding steroid dienone is 1. The fourth-order valence-corrected chi connectivity index (χ4v) is 1.89. The van der Waals surface area contributed by atoms with E-state index in [9.17, 15) is 4.79 Å². The van der Waals surface area contributed by atoms with Crippen LogP contribution >= 0.6 is 0 Å². The number of nitrogens with one attached hydrogen (secondary N) is 1. The zero-order chi connectivity index (χ0) is 11.1. The Bertz CT molecular complexity index is 210. The van der Waals surface area contributed by atoms with Crippen LogP contribution in [0.1, 0.15) is 25.7 Å². The van der Waals surface area contributed by atoms with Gasteiger partial charge in [-0.25, -0.2) is 0 Å². The molecule has 86 valence electrons. The van der Waals surface area contributed by atoms with Gasteiger partial charge in [0.05, 0.1) is 0 Å². The van der Waals surface area contributed by atoms with Crippen molar-refractivity contribution in [2.45, 2.75) is 25.7 Å². The van der Waals surface area contributed by atoms with Crippen LogP contribution in [-0.4, -0.2) is 37.5 Å². The first-order chi connectivity index (χ1) is 7.24. The molecule has 1 aliphatic heterocycles. The van der Waals surface area contributed by atoms with Gasteiger partial charge in [0, 0.05) is 20.0 Å². The van der Waals surface area contributed by atoms with E-state index < -0.39 is 0 Å². The van der Waals surface area contributed by atoms with Crippen molar-refractivity contribution in [2.24, 2.45) is 5.92 Å². The first-order valence-corrected chi connectivity index (χ1v) is 5.79. The normalized spacial score (nSPS) is 20.2. The van der Waals surface area contributed by atoms with E-state index in [4.69, 9.17) is 0 Å². The Kier molecular flexibility index (Phi) is 5.40. The standard InChI is InChI=1S/C12H22N2O/c1-3-4-5-8-14(2)12(15)9-11-6-7-13-10-11/h3,11,13H,1,4-10H2,2H3. The minimum Gasteiger partial charge on any atom is -0.346 e. The van der Waals surface area contributed by atoms with Crippen LogP contribution in [0.2, 0.25) is 0 Å². The third-order valence-corrected chi connectivity index (χ3v) is 2.95. The van der Waals surface area contributed by atoms with Gasteiger partial charge in [0.2, 0.25) is 5.91 Å². The molecule has 1 atom stereocenters. The summed E-state index contributed by atoms with van der Waals surface area (Å²) in [6.45, 7) is 6.60. The highest BCUT2D eigenvalue weighted by Crippen LogP contribution is 2.13.